The molecule has 5 rings (SSSR count). The minimum Gasteiger partial charge on any atom is -0.462 e. The van der Waals surface area contributed by atoms with Crippen LogP contribution in [0.3, 0.4) is 0 Å². The molecule has 214 valence electrons. The van der Waals surface area contributed by atoms with Gasteiger partial charge in [0.05, 0.1) is 35.4 Å². The topological polar surface area (TPSA) is 165 Å². The van der Waals surface area contributed by atoms with Crippen LogP contribution in [-0.2, 0) is 14.3 Å². The van der Waals surface area contributed by atoms with Gasteiger partial charge in [-0.25, -0.2) is 0 Å². The molecule has 9 heteroatoms. The minimum atomic E-state index is -1.84. The van der Waals surface area contributed by atoms with E-state index in [0.717, 1.165) is 0 Å². The smallest absolute Gasteiger partial charge is 0.309 e. The first kappa shape index (κ1) is 28.2. The van der Waals surface area contributed by atoms with Crippen molar-refractivity contribution in [2.45, 2.75) is 121 Å². The van der Waals surface area contributed by atoms with E-state index in [1.54, 1.807) is 27.7 Å². The first-order chi connectivity index (χ1) is 17.4. The number of carbonyl (C=O) groups is 2. The molecule has 1 aliphatic heterocycles. The molecule has 9 nitrogen and oxygen atoms in total. The highest BCUT2D eigenvalue weighted by atomic mass is 16.6. The summed E-state index contributed by atoms with van der Waals surface area (Å²) in [6, 6.07) is 0. The number of esters is 1. The van der Waals surface area contributed by atoms with E-state index in [1.807, 2.05) is 6.92 Å². The van der Waals surface area contributed by atoms with Gasteiger partial charge in [0.15, 0.2) is 5.78 Å². The van der Waals surface area contributed by atoms with Crippen molar-refractivity contribution in [3.63, 3.8) is 0 Å². The average Bonchev–Trinajstić information content (AvgIpc) is 3.24. The van der Waals surface area contributed by atoms with E-state index in [1.165, 1.54) is 6.08 Å². The van der Waals surface area contributed by atoms with Gasteiger partial charge in [0.25, 0.3) is 0 Å². The number of ether oxygens (including phenoxy) is 1. The predicted molar refractivity (Wildman–Crippen MR) is 135 cm³/mol. The number of hydrogen-bond acceptors (Lipinski definition) is 9. The molecule has 4 aliphatic carbocycles. The molecule has 0 radical (unpaired) electrons. The third-order valence-electron chi connectivity index (χ3n) is 12.1. The first-order valence-electron chi connectivity index (χ1n) is 14.1. The van der Waals surface area contributed by atoms with E-state index in [4.69, 9.17) is 4.74 Å². The van der Waals surface area contributed by atoms with Crippen LogP contribution in [0.5, 0.6) is 0 Å². The minimum absolute atomic E-state index is 0.0314. The van der Waals surface area contributed by atoms with Crippen molar-refractivity contribution in [2.75, 3.05) is 0 Å². The van der Waals surface area contributed by atoms with Crippen LogP contribution in [-0.4, -0.2) is 83.6 Å². The van der Waals surface area contributed by atoms with E-state index in [0.29, 0.717) is 24.8 Å². The van der Waals surface area contributed by atoms with Gasteiger partial charge in [-0.15, -0.1) is 0 Å². The lowest BCUT2D eigenvalue weighted by Gasteiger charge is -2.62. The second kappa shape index (κ2) is 8.57. The third-order valence-corrected chi connectivity index (χ3v) is 12.1. The Labute approximate surface area is 223 Å². The number of aliphatic hydroxyl groups is 6. The fraction of sp³-hybridized carbons (Fsp3) is 0.862. The summed E-state index contributed by atoms with van der Waals surface area (Å²) in [5.41, 5.74) is -6.26. The SMILES string of the molecule is C[C@@H]1C(=O)O[C@H](C)[C@H]1C[C@H](O)[C@](C)(O)[C@H]1CC[C@@]2(O)C3=CC(=O)[C@]4(O)C[C@@H](O)[C@@H](O)C[C@]4(C)[C@@H]3CC[C@]12C. The number of ketones is 1. The lowest BCUT2D eigenvalue weighted by atomic mass is 9.44. The van der Waals surface area contributed by atoms with Gasteiger partial charge in [-0.3, -0.25) is 9.59 Å². The Morgan fingerprint density at radius 3 is 2.26 bits per heavy atom. The molecule has 3 saturated carbocycles. The number of rotatable bonds is 4. The van der Waals surface area contributed by atoms with Gasteiger partial charge in [0, 0.05) is 23.2 Å². The highest BCUT2D eigenvalue weighted by Gasteiger charge is 2.72. The fourth-order valence-corrected chi connectivity index (χ4v) is 9.38. The van der Waals surface area contributed by atoms with Crippen LogP contribution in [0.1, 0.15) is 79.6 Å². The van der Waals surface area contributed by atoms with Crippen LogP contribution in [0.15, 0.2) is 11.6 Å². The largest absolute Gasteiger partial charge is 0.462 e. The standard InChI is InChI=1S/C29H44O9/c1-14-16(15(2)38-24(14)34)10-22(32)27(5,35)21-7-9-28(36)18-11-23(33)29(37)13-20(31)19(30)12-26(29,4)17(18)6-8-25(21,28)3/h11,14-17,19-22,30-32,35-37H,6-10,12-13H2,1-5H3/t14-,15+,16-,17+,19-,20+,21-,22-,25+,26+,27+,28+,29+/m0/s1. The summed E-state index contributed by atoms with van der Waals surface area (Å²) in [5.74, 6) is -2.39. The van der Waals surface area contributed by atoms with Gasteiger partial charge in [0.2, 0.25) is 0 Å². The van der Waals surface area contributed by atoms with Crippen molar-refractivity contribution in [3.05, 3.63) is 11.6 Å². The zero-order valence-corrected chi connectivity index (χ0v) is 23.1. The van der Waals surface area contributed by atoms with E-state index in [2.05, 4.69) is 0 Å². The molecule has 1 heterocycles. The predicted octanol–water partition coefficient (Wildman–Crippen LogP) is 1.01. The zero-order valence-electron chi connectivity index (χ0n) is 23.1. The third kappa shape index (κ3) is 3.45. The second-order valence-electron chi connectivity index (χ2n) is 13.8. The fourth-order valence-electron chi connectivity index (χ4n) is 9.38. The molecule has 0 aromatic carbocycles. The summed E-state index contributed by atoms with van der Waals surface area (Å²) < 4.78 is 5.33. The van der Waals surface area contributed by atoms with E-state index < -0.39 is 57.6 Å². The first-order valence-corrected chi connectivity index (χ1v) is 14.1. The monoisotopic (exact) mass is 536 g/mol. The summed E-state index contributed by atoms with van der Waals surface area (Å²) in [5, 5.41) is 67.8. The Bertz CT molecular complexity index is 1050. The number of fused-ring (bicyclic) bond motifs is 5. The lowest BCUT2D eigenvalue weighted by Crippen LogP contribution is -2.69. The maximum Gasteiger partial charge on any atom is 0.309 e. The maximum absolute atomic E-state index is 13.4. The van der Waals surface area contributed by atoms with Gasteiger partial charge >= 0.3 is 5.97 Å². The summed E-state index contributed by atoms with van der Waals surface area (Å²) in [6.07, 6.45) is -0.805. The molecular weight excluding hydrogens is 492 g/mol. The van der Waals surface area contributed by atoms with Crippen molar-refractivity contribution in [2.24, 2.45) is 34.5 Å². The molecular formula is C29H44O9. The van der Waals surface area contributed by atoms with Crippen LogP contribution >= 0.6 is 0 Å². The number of cyclic esters (lactones) is 1. The highest BCUT2D eigenvalue weighted by molar-refractivity contribution is 6.00. The summed E-state index contributed by atoms with van der Waals surface area (Å²) >= 11 is 0. The summed E-state index contributed by atoms with van der Waals surface area (Å²) in [7, 11) is 0. The summed E-state index contributed by atoms with van der Waals surface area (Å²) in [6.45, 7) is 8.83. The molecule has 6 N–H and O–H groups in total. The van der Waals surface area contributed by atoms with Gasteiger partial charge in [-0.05, 0) is 75.9 Å². The summed E-state index contributed by atoms with van der Waals surface area (Å²) in [4.78, 5) is 25.4. The Morgan fingerprint density at radius 2 is 1.66 bits per heavy atom. The quantitative estimate of drug-likeness (QED) is 0.288. The number of hydrogen-bond donors (Lipinski definition) is 6. The van der Waals surface area contributed by atoms with E-state index in [-0.39, 0.29) is 55.5 Å². The molecule has 0 unspecified atom stereocenters. The van der Waals surface area contributed by atoms with Crippen molar-refractivity contribution < 1.29 is 45.0 Å². The van der Waals surface area contributed by atoms with Gasteiger partial charge in [-0.2, -0.15) is 0 Å². The van der Waals surface area contributed by atoms with Crippen LogP contribution in [0, 0.1) is 34.5 Å². The molecule has 0 amide bonds. The Kier molecular flexibility index (Phi) is 6.36. The van der Waals surface area contributed by atoms with Crippen molar-refractivity contribution in [1.82, 2.24) is 0 Å². The molecule has 0 aromatic rings. The molecule has 0 aromatic heterocycles. The Hall–Kier alpha value is -1.36. The molecule has 0 spiro atoms. The normalized spacial score (nSPS) is 52.8. The maximum atomic E-state index is 13.4. The number of aliphatic hydroxyl groups excluding tert-OH is 3. The number of carbonyl (C=O) groups excluding carboxylic acids is 2. The molecule has 13 atom stereocenters. The molecule has 0 bridgehead atoms. The second-order valence-corrected chi connectivity index (χ2v) is 13.8. The van der Waals surface area contributed by atoms with Crippen LogP contribution in [0.2, 0.25) is 0 Å². The van der Waals surface area contributed by atoms with Crippen molar-refractivity contribution in [3.8, 4) is 0 Å². The van der Waals surface area contributed by atoms with Crippen molar-refractivity contribution in [1.29, 1.82) is 0 Å². The molecule has 38 heavy (non-hydrogen) atoms. The van der Waals surface area contributed by atoms with E-state index in [9.17, 15) is 40.2 Å². The molecule has 4 fully saturated rings. The lowest BCUT2D eigenvalue weighted by molar-refractivity contribution is -0.211. The van der Waals surface area contributed by atoms with Gasteiger partial charge in [-0.1, -0.05) is 20.8 Å². The Morgan fingerprint density at radius 1 is 1.03 bits per heavy atom. The zero-order chi connectivity index (χ0) is 28.2. The average molecular weight is 537 g/mol. The van der Waals surface area contributed by atoms with Crippen LogP contribution < -0.4 is 0 Å². The van der Waals surface area contributed by atoms with E-state index >= 15 is 0 Å². The van der Waals surface area contributed by atoms with Gasteiger partial charge in [0.1, 0.15) is 11.7 Å². The Balaban J connectivity index is 1.47. The molecule has 1 saturated heterocycles. The van der Waals surface area contributed by atoms with Crippen molar-refractivity contribution >= 4 is 11.8 Å². The van der Waals surface area contributed by atoms with Gasteiger partial charge < -0.3 is 35.4 Å². The van der Waals surface area contributed by atoms with Crippen LogP contribution in [0.25, 0.3) is 0 Å². The molecule has 5 aliphatic rings. The highest BCUT2D eigenvalue weighted by Crippen LogP contribution is 2.69. The van der Waals surface area contributed by atoms with Crippen LogP contribution in [0.4, 0.5) is 0 Å².